The van der Waals surface area contributed by atoms with Crippen LogP contribution in [0.2, 0.25) is 0 Å². The number of carbonyl (C=O) groups excluding carboxylic acids is 2. The van der Waals surface area contributed by atoms with E-state index in [0.29, 0.717) is 29.7 Å². The summed E-state index contributed by atoms with van der Waals surface area (Å²) in [4.78, 5) is 32.5. The van der Waals surface area contributed by atoms with Crippen LogP contribution in [-0.4, -0.2) is 45.8 Å². The Hall–Kier alpha value is -2.37. The molecule has 0 N–H and O–H groups in total. The molecule has 0 bridgehead atoms. The largest absolute Gasteiger partial charge is 0.497 e. The summed E-state index contributed by atoms with van der Waals surface area (Å²) in [5.41, 5.74) is 1.47. The number of likely N-dealkylation sites (N-methyl/N-ethyl adjacent to an activating group) is 1. The first kappa shape index (κ1) is 20.4. The molecule has 1 aromatic heterocycles. The number of hydrogen-bond acceptors (Lipinski definition) is 4. The summed E-state index contributed by atoms with van der Waals surface area (Å²) in [7, 11) is 1.61. The fraction of sp³-hybridized carbons (Fsp3) is 0.591. The van der Waals surface area contributed by atoms with E-state index in [0.717, 1.165) is 18.4 Å². The third kappa shape index (κ3) is 4.05. The van der Waals surface area contributed by atoms with Crippen LogP contribution < -0.4 is 4.74 Å². The van der Waals surface area contributed by atoms with Crippen LogP contribution in [0.15, 0.2) is 18.2 Å². The van der Waals surface area contributed by atoms with Crippen molar-refractivity contribution in [1.82, 2.24) is 14.5 Å². The number of fused-ring (bicyclic) bond motifs is 1. The van der Waals surface area contributed by atoms with Crippen molar-refractivity contribution in [2.45, 2.75) is 65.5 Å². The normalized spacial score (nSPS) is 15.2. The van der Waals surface area contributed by atoms with E-state index >= 15 is 0 Å². The second-order valence-corrected chi connectivity index (χ2v) is 7.87. The quantitative estimate of drug-likeness (QED) is 0.674. The highest BCUT2D eigenvalue weighted by atomic mass is 16.5. The predicted octanol–water partition coefficient (Wildman–Crippen LogP) is 4.06. The first-order valence-corrected chi connectivity index (χ1v) is 10.3. The summed E-state index contributed by atoms with van der Waals surface area (Å²) in [5.74, 6) is 0.849. The molecule has 1 amide bonds. The van der Waals surface area contributed by atoms with Crippen molar-refractivity contribution in [2.75, 3.05) is 13.7 Å². The Bertz CT molecular complexity index is 850. The van der Waals surface area contributed by atoms with Crippen LogP contribution >= 0.6 is 0 Å². The number of imidazole rings is 1. The molecule has 0 saturated heterocycles. The van der Waals surface area contributed by atoms with Gasteiger partial charge in [-0.3, -0.25) is 9.59 Å². The minimum atomic E-state index is -0.187. The van der Waals surface area contributed by atoms with Gasteiger partial charge in [-0.15, -0.1) is 0 Å². The van der Waals surface area contributed by atoms with E-state index in [9.17, 15) is 9.59 Å². The van der Waals surface area contributed by atoms with Crippen LogP contribution in [0, 0.1) is 5.92 Å². The number of nitrogens with zero attached hydrogens (tertiary/aromatic N) is 3. The maximum atomic E-state index is 13.2. The SMILES string of the molecule is CCN(C(=O)Cn1c(C(=O)C(C)C)nc2ccc(OC)cc21)C1CCCCC1. The van der Waals surface area contributed by atoms with E-state index in [-0.39, 0.29) is 24.2 Å². The minimum absolute atomic E-state index is 0.0503. The molecule has 0 aliphatic heterocycles. The lowest BCUT2D eigenvalue weighted by molar-refractivity contribution is -0.134. The van der Waals surface area contributed by atoms with Crippen LogP contribution in [0.3, 0.4) is 0 Å². The molecule has 0 spiro atoms. The topological polar surface area (TPSA) is 64.4 Å². The van der Waals surface area contributed by atoms with Gasteiger partial charge in [-0.2, -0.15) is 0 Å². The average Bonchev–Trinajstić information content (AvgIpc) is 3.06. The molecule has 3 rings (SSSR count). The number of rotatable bonds is 7. The van der Waals surface area contributed by atoms with Gasteiger partial charge in [0.25, 0.3) is 0 Å². The van der Waals surface area contributed by atoms with E-state index in [1.165, 1.54) is 19.3 Å². The third-order valence-electron chi connectivity index (χ3n) is 5.67. The smallest absolute Gasteiger partial charge is 0.242 e. The van der Waals surface area contributed by atoms with Gasteiger partial charge in [0.2, 0.25) is 11.7 Å². The maximum Gasteiger partial charge on any atom is 0.242 e. The van der Waals surface area contributed by atoms with E-state index in [4.69, 9.17) is 4.74 Å². The molecule has 0 radical (unpaired) electrons. The Morgan fingerprint density at radius 1 is 1.25 bits per heavy atom. The molecule has 1 aliphatic carbocycles. The zero-order chi connectivity index (χ0) is 20.3. The zero-order valence-electron chi connectivity index (χ0n) is 17.4. The van der Waals surface area contributed by atoms with E-state index in [1.54, 1.807) is 11.7 Å². The number of benzene rings is 1. The Morgan fingerprint density at radius 2 is 1.96 bits per heavy atom. The van der Waals surface area contributed by atoms with Gasteiger partial charge in [0.05, 0.1) is 18.1 Å². The summed E-state index contributed by atoms with van der Waals surface area (Å²) in [6.07, 6.45) is 5.74. The average molecular weight is 386 g/mol. The number of ketones is 1. The zero-order valence-corrected chi connectivity index (χ0v) is 17.4. The number of ether oxygens (including phenoxy) is 1. The Labute approximate surface area is 166 Å². The van der Waals surface area contributed by atoms with E-state index in [1.807, 2.05) is 43.9 Å². The number of amides is 1. The maximum absolute atomic E-state index is 13.2. The van der Waals surface area contributed by atoms with Gasteiger partial charge in [-0.25, -0.2) is 4.98 Å². The van der Waals surface area contributed by atoms with Crippen LogP contribution in [0.5, 0.6) is 5.75 Å². The molecule has 0 unspecified atom stereocenters. The number of carbonyl (C=O) groups is 2. The molecule has 28 heavy (non-hydrogen) atoms. The van der Waals surface area contributed by atoms with Crippen molar-refractivity contribution >= 4 is 22.7 Å². The van der Waals surface area contributed by atoms with Gasteiger partial charge in [0.1, 0.15) is 12.3 Å². The van der Waals surface area contributed by atoms with Gasteiger partial charge < -0.3 is 14.2 Å². The van der Waals surface area contributed by atoms with Crippen LogP contribution in [0.1, 0.15) is 63.5 Å². The second-order valence-electron chi connectivity index (χ2n) is 7.87. The summed E-state index contributed by atoms with van der Waals surface area (Å²) < 4.78 is 7.11. The van der Waals surface area contributed by atoms with Crippen molar-refractivity contribution in [3.05, 3.63) is 24.0 Å². The first-order chi connectivity index (χ1) is 13.5. The third-order valence-corrected chi connectivity index (χ3v) is 5.67. The molecule has 1 saturated carbocycles. The molecule has 6 heteroatoms. The highest BCUT2D eigenvalue weighted by Crippen LogP contribution is 2.26. The highest BCUT2D eigenvalue weighted by Gasteiger charge is 2.27. The summed E-state index contributed by atoms with van der Waals surface area (Å²) >= 11 is 0. The lowest BCUT2D eigenvalue weighted by Crippen LogP contribution is -2.43. The van der Waals surface area contributed by atoms with Gasteiger partial charge in [0.15, 0.2) is 5.82 Å². The lowest BCUT2D eigenvalue weighted by atomic mass is 9.94. The summed E-state index contributed by atoms with van der Waals surface area (Å²) in [5, 5.41) is 0. The highest BCUT2D eigenvalue weighted by molar-refractivity contribution is 5.98. The fourth-order valence-corrected chi connectivity index (χ4v) is 4.09. The lowest BCUT2D eigenvalue weighted by Gasteiger charge is -2.34. The summed E-state index contributed by atoms with van der Waals surface area (Å²) in [6.45, 7) is 6.56. The Balaban J connectivity index is 1.98. The van der Waals surface area contributed by atoms with Crippen molar-refractivity contribution in [2.24, 2.45) is 5.92 Å². The van der Waals surface area contributed by atoms with Crippen molar-refractivity contribution in [3.63, 3.8) is 0 Å². The van der Waals surface area contributed by atoms with Gasteiger partial charge in [0, 0.05) is 24.6 Å². The fourth-order valence-electron chi connectivity index (χ4n) is 4.09. The van der Waals surface area contributed by atoms with Gasteiger partial charge in [-0.1, -0.05) is 33.1 Å². The molecular weight excluding hydrogens is 354 g/mol. The van der Waals surface area contributed by atoms with E-state index < -0.39 is 0 Å². The Kier molecular flexibility index (Phi) is 6.37. The molecule has 1 aliphatic rings. The number of methoxy groups -OCH3 is 1. The molecule has 1 aromatic carbocycles. The van der Waals surface area contributed by atoms with Crippen molar-refractivity contribution in [3.8, 4) is 5.75 Å². The predicted molar refractivity (Wildman–Crippen MR) is 110 cm³/mol. The standard InChI is InChI=1S/C22H31N3O3/c1-5-24(16-9-7-6-8-10-16)20(26)14-25-19-13-17(28-4)11-12-18(19)23-22(25)21(27)15(2)3/h11-13,15-16H,5-10,14H2,1-4H3. The van der Waals surface area contributed by atoms with E-state index in [2.05, 4.69) is 4.98 Å². The van der Waals surface area contributed by atoms with Crippen molar-refractivity contribution in [1.29, 1.82) is 0 Å². The number of Topliss-reactive ketones (excluding diaryl/α,β-unsaturated/α-hetero) is 1. The van der Waals surface area contributed by atoms with Gasteiger partial charge >= 0.3 is 0 Å². The van der Waals surface area contributed by atoms with Crippen molar-refractivity contribution < 1.29 is 14.3 Å². The Morgan fingerprint density at radius 3 is 2.57 bits per heavy atom. The molecule has 2 aromatic rings. The summed E-state index contributed by atoms with van der Waals surface area (Å²) in [6, 6.07) is 5.82. The van der Waals surface area contributed by atoms with Crippen LogP contribution in [0.4, 0.5) is 0 Å². The molecule has 0 atom stereocenters. The van der Waals surface area contributed by atoms with Crippen LogP contribution in [0.25, 0.3) is 11.0 Å². The number of hydrogen-bond donors (Lipinski definition) is 0. The first-order valence-electron chi connectivity index (χ1n) is 10.3. The second kappa shape index (κ2) is 8.76. The molecule has 1 fully saturated rings. The molecular formula is C22H31N3O3. The molecule has 152 valence electrons. The number of aromatic nitrogens is 2. The van der Waals surface area contributed by atoms with Crippen LogP contribution in [-0.2, 0) is 11.3 Å². The van der Waals surface area contributed by atoms with Gasteiger partial charge in [-0.05, 0) is 31.9 Å². The molecule has 6 nitrogen and oxygen atoms in total. The minimum Gasteiger partial charge on any atom is -0.497 e. The molecule has 1 heterocycles. The monoisotopic (exact) mass is 385 g/mol.